The molecule has 0 bridgehead atoms. The van der Waals surface area contributed by atoms with Gasteiger partial charge in [-0.15, -0.1) is 0 Å². The standard InChI is InChI=1S/C22H41NO/c1-2-3-4-5-6-7-8-9-10-11-12-13-14-15-16-19-22(24)23-20-17-18-21-23/h7-8H,2-6,9-21H2,1H3. The average Bonchev–Trinajstić information content (AvgIpc) is 3.13. The van der Waals surface area contributed by atoms with E-state index in [1.807, 2.05) is 0 Å². The molecule has 1 fully saturated rings. The van der Waals surface area contributed by atoms with Crippen LogP contribution in [0.25, 0.3) is 0 Å². The highest BCUT2D eigenvalue weighted by molar-refractivity contribution is 5.76. The minimum absolute atomic E-state index is 0.397. The molecule has 1 saturated heterocycles. The first kappa shape index (κ1) is 21.3. The second kappa shape index (κ2) is 15.7. The predicted molar refractivity (Wildman–Crippen MR) is 105 cm³/mol. The first-order valence-electron chi connectivity index (χ1n) is 10.8. The molecule has 0 aromatic heterocycles. The van der Waals surface area contributed by atoms with E-state index in [4.69, 9.17) is 0 Å². The quantitative estimate of drug-likeness (QED) is 0.242. The molecule has 1 heterocycles. The van der Waals surface area contributed by atoms with Gasteiger partial charge in [-0.05, 0) is 44.9 Å². The Balaban J connectivity index is 1.76. The van der Waals surface area contributed by atoms with Gasteiger partial charge in [-0.25, -0.2) is 0 Å². The van der Waals surface area contributed by atoms with E-state index in [1.54, 1.807) is 0 Å². The Morgan fingerprint density at radius 1 is 0.750 bits per heavy atom. The molecule has 2 heteroatoms. The Kier molecular flexibility index (Phi) is 13.9. The van der Waals surface area contributed by atoms with E-state index in [9.17, 15) is 4.79 Å². The van der Waals surface area contributed by atoms with Crippen LogP contribution in [0.3, 0.4) is 0 Å². The molecule has 1 amide bonds. The molecule has 0 spiro atoms. The van der Waals surface area contributed by atoms with Crippen LogP contribution < -0.4 is 0 Å². The number of allylic oxidation sites excluding steroid dienone is 2. The highest BCUT2D eigenvalue weighted by atomic mass is 16.2. The summed E-state index contributed by atoms with van der Waals surface area (Å²) in [7, 11) is 0. The van der Waals surface area contributed by atoms with Gasteiger partial charge < -0.3 is 4.90 Å². The largest absolute Gasteiger partial charge is 0.343 e. The fraction of sp³-hybridized carbons (Fsp3) is 0.864. The summed E-state index contributed by atoms with van der Waals surface area (Å²) in [4.78, 5) is 14.0. The fourth-order valence-electron chi connectivity index (χ4n) is 3.47. The van der Waals surface area contributed by atoms with Gasteiger partial charge in [0.25, 0.3) is 0 Å². The maximum Gasteiger partial charge on any atom is 0.222 e. The summed E-state index contributed by atoms with van der Waals surface area (Å²) in [6.45, 7) is 4.28. The molecule has 0 aromatic rings. The highest BCUT2D eigenvalue weighted by Gasteiger charge is 2.16. The van der Waals surface area contributed by atoms with Gasteiger partial charge in [0.1, 0.15) is 0 Å². The van der Waals surface area contributed by atoms with Crippen molar-refractivity contribution < 1.29 is 4.79 Å². The zero-order valence-corrected chi connectivity index (χ0v) is 16.2. The number of nitrogens with zero attached hydrogens (tertiary/aromatic N) is 1. The normalized spacial score (nSPS) is 14.8. The highest BCUT2D eigenvalue weighted by Crippen LogP contribution is 2.13. The molecule has 24 heavy (non-hydrogen) atoms. The summed E-state index contributed by atoms with van der Waals surface area (Å²) in [5.41, 5.74) is 0. The van der Waals surface area contributed by atoms with Gasteiger partial charge in [0, 0.05) is 19.5 Å². The third-order valence-corrected chi connectivity index (χ3v) is 5.11. The first-order valence-corrected chi connectivity index (χ1v) is 10.8. The molecular formula is C22H41NO. The number of amides is 1. The molecule has 0 aliphatic carbocycles. The third-order valence-electron chi connectivity index (χ3n) is 5.11. The SMILES string of the molecule is CCCCCCC=CCCCCCCCCCC(=O)N1CCCC1. The number of carbonyl (C=O) groups is 1. The predicted octanol–water partition coefficient (Wildman–Crippen LogP) is 6.65. The van der Waals surface area contributed by atoms with Crippen molar-refractivity contribution in [3.8, 4) is 0 Å². The van der Waals surface area contributed by atoms with Crippen molar-refractivity contribution in [1.82, 2.24) is 4.90 Å². The van der Waals surface area contributed by atoms with E-state index in [0.29, 0.717) is 5.91 Å². The summed E-state index contributed by atoms with van der Waals surface area (Å²) in [5, 5.41) is 0. The van der Waals surface area contributed by atoms with Gasteiger partial charge in [0.2, 0.25) is 5.91 Å². The van der Waals surface area contributed by atoms with Crippen molar-refractivity contribution in [3.63, 3.8) is 0 Å². The smallest absolute Gasteiger partial charge is 0.222 e. The van der Waals surface area contributed by atoms with E-state index >= 15 is 0 Å². The van der Waals surface area contributed by atoms with Gasteiger partial charge in [-0.3, -0.25) is 4.79 Å². The Bertz CT molecular complexity index is 318. The molecule has 0 atom stereocenters. The Hall–Kier alpha value is -0.790. The van der Waals surface area contributed by atoms with E-state index in [1.165, 1.54) is 89.9 Å². The summed E-state index contributed by atoms with van der Waals surface area (Å²) in [6.07, 6.45) is 25.0. The molecule has 0 unspecified atom stereocenters. The lowest BCUT2D eigenvalue weighted by Gasteiger charge is -2.14. The molecule has 0 N–H and O–H groups in total. The average molecular weight is 336 g/mol. The number of hydrogen-bond acceptors (Lipinski definition) is 1. The number of unbranched alkanes of at least 4 members (excludes halogenated alkanes) is 11. The van der Waals surface area contributed by atoms with Crippen LogP contribution in [0.5, 0.6) is 0 Å². The van der Waals surface area contributed by atoms with E-state index in [2.05, 4.69) is 24.0 Å². The lowest BCUT2D eigenvalue weighted by Crippen LogP contribution is -2.27. The Morgan fingerprint density at radius 3 is 1.83 bits per heavy atom. The van der Waals surface area contributed by atoms with Gasteiger partial charge in [0.05, 0.1) is 0 Å². The first-order chi connectivity index (χ1) is 11.8. The van der Waals surface area contributed by atoms with Crippen molar-refractivity contribution in [2.24, 2.45) is 0 Å². The van der Waals surface area contributed by atoms with E-state index in [-0.39, 0.29) is 0 Å². The summed E-state index contributed by atoms with van der Waals surface area (Å²) in [6, 6.07) is 0. The molecule has 0 aromatic carbocycles. The van der Waals surface area contributed by atoms with Gasteiger partial charge >= 0.3 is 0 Å². The van der Waals surface area contributed by atoms with Crippen molar-refractivity contribution in [1.29, 1.82) is 0 Å². The van der Waals surface area contributed by atoms with Crippen LogP contribution in [0.15, 0.2) is 12.2 Å². The summed E-state index contributed by atoms with van der Waals surface area (Å²) in [5.74, 6) is 0.397. The van der Waals surface area contributed by atoms with Crippen molar-refractivity contribution in [2.75, 3.05) is 13.1 Å². The van der Waals surface area contributed by atoms with Crippen LogP contribution in [0.4, 0.5) is 0 Å². The monoisotopic (exact) mass is 335 g/mol. The van der Waals surface area contributed by atoms with Gasteiger partial charge in [-0.2, -0.15) is 0 Å². The second-order valence-corrected chi connectivity index (χ2v) is 7.42. The topological polar surface area (TPSA) is 20.3 Å². The van der Waals surface area contributed by atoms with Crippen LogP contribution in [0.2, 0.25) is 0 Å². The number of likely N-dealkylation sites (tertiary alicyclic amines) is 1. The Morgan fingerprint density at radius 2 is 1.25 bits per heavy atom. The van der Waals surface area contributed by atoms with Crippen molar-refractivity contribution in [3.05, 3.63) is 12.2 Å². The van der Waals surface area contributed by atoms with Crippen molar-refractivity contribution in [2.45, 2.75) is 110 Å². The van der Waals surface area contributed by atoms with Gasteiger partial charge in [0.15, 0.2) is 0 Å². The van der Waals surface area contributed by atoms with Crippen LogP contribution >= 0.6 is 0 Å². The zero-order chi connectivity index (χ0) is 17.3. The molecule has 0 radical (unpaired) electrons. The molecule has 2 nitrogen and oxygen atoms in total. The van der Waals surface area contributed by atoms with E-state index < -0.39 is 0 Å². The van der Waals surface area contributed by atoms with Crippen LogP contribution in [-0.2, 0) is 4.79 Å². The number of carbonyl (C=O) groups excluding carboxylic acids is 1. The zero-order valence-electron chi connectivity index (χ0n) is 16.2. The molecule has 1 rings (SSSR count). The molecule has 0 saturated carbocycles. The second-order valence-electron chi connectivity index (χ2n) is 7.42. The summed E-state index contributed by atoms with van der Waals surface area (Å²) < 4.78 is 0. The third kappa shape index (κ3) is 11.7. The number of rotatable bonds is 15. The maximum atomic E-state index is 11.9. The minimum Gasteiger partial charge on any atom is -0.343 e. The number of hydrogen-bond donors (Lipinski definition) is 0. The van der Waals surface area contributed by atoms with E-state index in [0.717, 1.165) is 25.9 Å². The molecule has 1 aliphatic heterocycles. The molecular weight excluding hydrogens is 294 g/mol. The van der Waals surface area contributed by atoms with Crippen LogP contribution in [-0.4, -0.2) is 23.9 Å². The van der Waals surface area contributed by atoms with Crippen molar-refractivity contribution >= 4 is 5.91 Å². The molecule has 1 aliphatic rings. The minimum atomic E-state index is 0.397. The maximum absolute atomic E-state index is 11.9. The molecule has 140 valence electrons. The Labute approximate surface area is 151 Å². The van der Waals surface area contributed by atoms with Crippen LogP contribution in [0.1, 0.15) is 110 Å². The van der Waals surface area contributed by atoms with Crippen LogP contribution in [0, 0.1) is 0 Å². The fourth-order valence-corrected chi connectivity index (χ4v) is 3.47. The lowest BCUT2D eigenvalue weighted by atomic mass is 10.1. The summed E-state index contributed by atoms with van der Waals surface area (Å²) >= 11 is 0. The van der Waals surface area contributed by atoms with Gasteiger partial charge in [-0.1, -0.05) is 70.4 Å². The lowest BCUT2D eigenvalue weighted by molar-refractivity contribution is -0.130.